The first-order chi connectivity index (χ1) is 9.83. The van der Waals surface area contributed by atoms with Crippen molar-refractivity contribution in [1.29, 1.82) is 0 Å². The van der Waals surface area contributed by atoms with E-state index in [0.717, 1.165) is 50.6 Å². The number of thioether (sulfide) groups is 1. The van der Waals surface area contributed by atoms with Crippen LogP contribution >= 0.6 is 11.8 Å². The van der Waals surface area contributed by atoms with E-state index in [2.05, 4.69) is 10.2 Å². The van der Waals surface area contributed by atoms with Gasteiger partial charge in [0.15, 0.2) is 0 Å². The summed E-state index contributed by atoms with van der Waals surface area (Å²) < 4.78 is 5.72. The highest BCUT2D eigenvalue weighted by molar-refractivity contribution is 7.99. The van der Waals surface area contributed by atoms with Crippen LogP contribution < -0.4 is 5.32 Å². The molecule has 5 heteroatoms. The van der Waals surface area contributed by atoms with Crippen molar-refractivity contribution in [2.75, 3.05) is 37.7 Å². The lowest BCUT2D eigenvalue weighted by molar-refractivity contribution is -0.133. The summed E-state index contributed by atoms with van der Waals surface area (Å²) in [5.41, 5.74) is 0. The highest BCUT2D eigenvalue weighted by atomic mass is 32.2. The van der Waals surface area contributed by atoms with Crippen LogP contribution in [0.3, 0.4) is 0 Å². The fourth-order valence-electron chi connectivity index (χ4n) is 3.04. The van der Waals surface area contributed by atoms with E-state index in [1.54, 1.807) is 0 Å². The summed E-state index contributed by atoms with van der Waals surface area (Å²) in [5, 5.41) is 3.34. The SMILES string of the molecule is O=C(CNCC1CC1)N(CC1CCCO1)C1CCSC1. The first-order valence-corrected chi connectivity index (χ1v) is 9.18. The molecule has 20 heavy (non-hydrogen) atoms. The second-order valence-electron chi connectivity index (χ2n) is 6.27. The van der Waals surface area contributed by atoms with Crippen LogP contribution in [0, 0.1) is 5.92 Å². The topological polar surface area (TPSA) is 41.6 Å². The minimum absolute atomic E-state index is 0.271. The van der Waals surface area contributed by atoms with E-state index in [0.29, 0.717) is 12.6 Å². The molecule has 3 aliphatic rings. The maximum Gasteiger partial charge on any atom is 0.236 e. The lowest BCUT2D eigenvalue weighted by atomic mass is 10.1. The molecule has 0 aromatic carbocycles. The van der Waals surface area contributed by atoms with Gasteiger partial charge in [-0.1, -0.05) is 0 Å². The lowest BCUT2D eigenvalue weighted by Crippen LogP contribution is -2.48. The minimum atomic E-state index is 0.271. The van der Waals surface area contributed by atoms with Crippen molar-refractivity contribution in [3.63, 3.8) is 0 Å². The molecule has 0 aromatic heterocycles. The van der Waals surface area contributed by atoms with Crippen LogP contribution in [0.1, 0.15) is 32.1 Å². The molecule has 2 unspecified atom stereocenters. The van der Waals surface area contributed by atoms with Gasteiger partial charge in [0, 0.05) is 24.9 Å². The zero-order valence-corrected chi connectivity index (χ0v) is 13.0. The van der Waals surface area contributed by atoms with Crippen molar-refractivity contribution < 1.29 is 9.53 Å². The van der Waals surface area contributed by atoms with Crippen molar-refractivity contribution in [2.24, 2.45) is 5.92 Å². The van der Waals surface area contributed by atoms with Crippen LogP contribution in [0.2, 0.25) is 0 Å². The summed E-state index contributed by atoms with van der Waals surface area (Å²) in [6.45, 7) is 3.19. The molecule has 2 saturated heterocycles. The maximum absolute atomic E-state index is 12.5. The Labute approximate surface area is 126 Å². The Bertz CT molecular complexity index is 324. The second kappa shape index (κ2) is 7.14. The third-order valence-electron chi connectivity index (χ3n) is 4.50. The molecule has 1 N–H and O–H groups in total. The zero-order chi connectivity index (χ0) is 13.8. The highest BCUT2D eigenvalue weighted by Crippen LogP contribution is 2.27. The summed E-state index contributed by atoms with van der Waals surface area (Å²) in [4.78, 5) is 14.6. The first kappa shape index (κ1) is 14.7. The molecule has 2 aliphatic heterocycles. The summed E-state index contributed by atoms with van der Waals surface area (Å²) in [6, 6.07) is 0.430. The number of ether oxygens (including phenoxy) is 1. The predicted molar refractivity (Wildman–Crippen MR) is 82.0 cm³/mol. The largest absolute Gasteiger partial charge is 0.376 e. The van der Waals surface area contributed by atoms with Crippen LogP contribution in [0.15, 0.2) is 0 Å². The van der Waals surface area contributed by atoms with Gasteiger partial charge in [-0.15, -0.1) is 0 Å². The number of hydrogen-bond donors (Lipinski definition) is 1. The number of amides is 1. The van der Waals surface area contributed by atoms with E-state index < -0.39 is 0 Å². The molecule has 3 rings (SSSR count). The number of hydrogen-bond acceptors (Lipinski definition) is 4. The molecule has 0 spiro atoms. The lowest BCUT2D eigenvalue weighted by Gasteiger charge is -2.31. The summed E-state index contributed by atoms with van der Waals surface area (Å²) in [6.07, 6.45) is 6.34. The number of carbonyl (C=O) groups is 1. The van der Waals surface area contributed by atoms with Gasteiger partial charge in [0.25, 0.3) is 0 Å². The maximum atomic E-state index is 12.5. The highest BCUT2D eigenvalue weighted by Gasteiger charge is 2.30. The van der Waals surface area contributed by atoms with Gasteiger partial charge in [-0.25, -0.2) is 0 Å². The fourth-order valence-corrected chi connectivity index (χ4v) is 4.26. The molecule has 2 heterocycles. The van der Waals surface area contributed by atoms with Crippen molar-refractivity contribution in [1.82, 2.24) is 10.2 Å². The van der Waals surface area contributed by atoms with Gasteiger partial charge >= 0.3 is 0 Å². The molecule has 1 aliphatic carbocycles. The second-order valence-corrected chi connectivity index (χ2v) is 7.42. The smallest absolute Gasteiger partial charge is 0.236 e. The molecule has 4 nitrogen and oxygen atoms in total. The molecule has 114 valence electrons. The van der Waals surface area contributed by atoms with Crippen LogP contribution in [-0.2, 0) is 9.53 Å². The molecule has 0 radical (unpaired) electrons. The molecule has 1 amide bonds. The Kier molecular flexibility index (Phi) is 5.24. The van der Waals surface area contributed by atoms with Gasteiger partial charge in [0.05, 0.1) is 12.6 Å². The van der Waals surface area contributed by atoms with E-state index in [4.69, 9.17) is 4.74 Å². The number of nitrogens with zero attached hydrogens (tertiary/aromatic N) is 1. The van der Waals surface area contributed by atoms with Crippen LogP contribution in [0.25, 0.3) is 0 Å². The third-order valence-corrected chi connectivity index (χ3v) is 5.64. The number of nitrogens with one attached hydrogen (secondary N) is 1. The van der Waals surface area contributed by atoms with Crippen molar-refractivity contribution >= 4 is 17.7 Å². The quantitative estimate of drug-likeness (QED) is 0.773. The van der Waals surface area contributed by atoms with Crippen molar-refractivity contribution in [3.05, 3.63) is 0 Å². The van der Waals surface area contributed by atoms with Crippen LogP contribution in [0.5, 0.6) is 0 Å². The van der Waals surface area contributed by atoms with E-state index in [-0.39, 0.29) is 12.0 Å². The zero-order valence-electron chi connectivity index (χ0n) is 12.2. The van der Waals surface area contributed by atoms with E-state index in [1.165, 1.54) is 18.6 Å². The first-order valence-electron chi connectivity index (χ1n) is 8.02. The Morgan fingerprint density at radius 2 is 2.20 bits per heavy atom. The van der Waals surface area contributed by atoms with Gasteiger partial charge in [-0.05, 0) is 50.3 Å². The standard InChI is InChI=1S/C15H26N2O2S/c18-15(9-16-8-12-3-4-12)17(13-5-7-20-11-13)10-14-2-1-6-19-14/h12-14,16H,1-11H2. The molecule has 0 bridgehead atoms. The predicted octanol–water partition coefficient (Wildman–Crippen LogP) is 1.50. The van der Waals surface area contributed by atoms with Crippen molar-refractivity contribution in [2.45, 2.75) is 44.2 Å². The summed E-state index contributed by atoms with van der Waals surface area (Å²) >= 11 is 1.97. The van der Waals surface area contributed by atoms with Gasteiger partial charge < -0.3 is 15.0 Å². The Balaban J connectivity index is 1.50. The van der Waals surface area contributed by atoms with Crippen LogP contribution in [-0.4, -0.2) is 60.7 Å². The van der Waals surface area contributed by atoms with E-state index in [1.807, 2.05) is 11.8 Å². The van der Waals surface area contributed by atoms with Gasteiger partial charge in [-0.2, -0.15) is 11.8 Å². The Morgan fingerprint density at radius 1 is 1.30 bits per heavy atom. The van der Waals surface area contributed by atoms with Gasteiger partial charge in [0.1, 0.15) is 0 Å². The van der Waals surface area contributed by atoms with E-state index in [9.17, 15) is 4.79 Å². The average molecular weight is 298 g/mol. The third kappa shape index (κ3) is 4.12. The van der Waals surface area contributed by atoms with Crippen LogP contribution in [0.4, 0.5) is 0 Å². The average Bonchev–Trinajstić information content (AvgIpc) is 2.95. The fraction of sp³-hybridized carbons (Fsp3) is 0.933. The molecule has 3 fully saturated rings. The Morgan fingerprint density at radius 3 is 2.85 bits per heavy atom. The van der Waals surface area contributed by atoms with Crippen molar-refractivity contribution in [3.8, 4) is 0 Å². The monoisotopic (exact) mass is 298 g/mol. The molecular weight excluding hydrogens is 272 g/mol. The van der Waals surface area contributed by atoms with Gasteiger partial charge in [-0.3, -0.25) is 4.79 Å². The number of rotatable bonds is 7. The Hall–Kier alpha value is -0.260. The summed E-state index contributed by atoms with van der Waals surface area (Å²) in [7, 11) is 0. The summed E-state index contributed by atoms with van der Waals surface area (Å²) in [5.74, 6) is 3.39. The van der Waals surface area contributed by atoms with Gasteiger partial charge in [0.2, 0.25) is 5.91 Å². The minimum Gasteiger partial charge on any atom is -0.376 e. The number of carbonyl (C=O) groups excluding carboxylic acids is 1. The van der Waals surface area contributed by atoms with E-state index >= 15 is 0 Å². The normalized spacial score (nSPS) is 29.8. The molecule has 0 aromatic rings. The molecule has 1 saturated carbocycles. The molecular formula is C15H26N2O2S. The molecule has 2 atom stereocenters.